The molecule has 0 spiro atoms. The maximum atomic E-state index is 12.8. The van der Waals surface area contributed by atoms with Crippen LogP contribution in [0.15, 0.2) is 24.3 Å². The van der Waals surface area contributed by atoms with E-state index >= 15 is 0 Å². The van der Waals surface area contributed by atoms with Crippen LogP contribution in [0.4, 0.5) is 4.39 Å². The molecule has 1 aromatic carbocycles. The molecule has 1 amide bonds. The molecule has 1 aromatic rings. The first-order valence-electron chi connectivity index (χ1n) is 8.67. The summed E-state index contributed by atoms with van der Waals surface area (Å²) in [5.74, 6) is 0.590. The van der Waals surface area contributed by atoms with Crippen molar-refractivity contribution in [1.82, 2.24) is 10.6 Å². The maximum absolute atomic E-state index is 12.8. The molecule has 2 fully saturated rings. The van der Waals surface area contributed by atoms with E-state index in [0.29, 0.717) is 30.2 Å². The molecule has 2 bridgehead atoms. The predicted octanol–water partition coefficient (Wildman–Crippen LogP) is 1.60. The summed E-state index contributed by atoms with van der Waals surface area (Å²) in [5, 5.41) is 16.2. The van der Waals surface area contributed by atoms with Crippen molar-refractivity contribution in [2.45, 2.75) is 50.3 Å². The van der Waals surface area contributed by atoms with Crippen LogP contribution >= 0.6 is 0 Å². The monoisotopic (exact) mass is 336 g/mol. The highest BCUT2D eigenvalue weighted by molar-refractivity contribution is 5.76. The Morgan fingerprint density at radius 2 is 1.96 bits per heavy atom. The van der Waals surface area contributed by atoms with Crippen molar-refractivity contribution in [1.29, 1.82) is 0 Å². The van der Waals surface area contributed by atoms with E-state index in [1.165, 1.54) is 37.1 Å². The molecule has 2 aliphatic rings. The van der Waals surface area contributed by atoms with Gasteiger partial charge in [0.05, 0.1) is 0 Å². The molecular weight excluding hydrogens is 311 g/mol. The van der Waals surface area contributed by atoms with E-state index in [9.17, 15) is 14.3 Å². The van der Waals surface area contributed by atoms with Crippen molar-refractivity contribution in [3.8, 4) is 5.75 Å². The summed E-state index contributed by atoms with van der Waals surface area (Å²) < 4.78 is 18.1. The van der Waals surface area contributed by atoms with E-state index < -0.39 is 6.10 Å². The van der Waals surface area contributed by atoms with E-state index in [-0.39, 0.29) is 24.9 Å². The van der Waals surface area contributed by atoms with Gasteiger partial charge in [-0.2, -0.15) is 0 Å². The van der Waals surface area contributed by atoms with E-state index in [1.807, 2.05) is 0 Å². The Morgan fingerprint density at radius 1 is 1.29 bits per heavy atom. The van der Waals surface area contributed by atoms with Crippen molar-refractivity contribution in [2.75, 3.05) is 13.2 Å². The molecule has 6 heteroatoms. The lowest BCUT2D eigenvalue weighted by atomic mass is 9.89. The molecule has 3 N–H and O–H groups in total. The molecule has 0 aromatic heterocycles. The zero-order valence-corrected chi connectivity index (χ0v) is 13.7. The summed E-state index contributed by atoms with van der Waals surface area (Å²) in [6.45, 7) is 0.223. The van der Waals surface area contributed by atoms with Crippen LogP contribution in [0.3, 0.4) is 0 Å². The van der Waals surface area contributed by atoms with Gasteiger partial charge in [-0.05, 0) is 55.9 Å². The number of benzene rings is 1. The largest absolute Gasteiger partial charge is 0.491 e. The standard InChI is InChI=1S/C18H25FN2O3/c19-13-1-5-17(6-2-13)24-11-16(22)10-20-18(23)9-12-7-14-3-4-15(8-12)21-14/h1-2,5-6,12,14-16,21-22H,3-4,7-11H2,(H,20,23). The van der Waals surface area contributed by atoms with E-state index in [4.69, 9.17) is 4.74 Å². The van der Waals surface area contributed by atoms with Gasteiger partial charge in [0.15, 0.2) is 0 Å². The zero-order valence-electron chi connectivity index (χ0n) is 13.7. The number of amides is 1. The van der Waals surface area contributed by atoms with Gasteiger partial charge in [-0.25, -0.2) is 4.39 Å². The number of hydrogen-bond acceptors (Lipinski definition) is 4. The Balaban J connectivity index is 1.32. The number of piperidine rings is 1. The van der Waals surface area contributed by atoms with Gasteiger partial charge >= 0.3 is 0 Å². The molecule has 5 nitrogen and oxygen atoms in total. The highest BCUT2D eigenvalue weighted by Gasteiger charge is 2.34. The summed E-state index contributed by atoms with van der Waals surface area (Å²) in [6, 6.07) is 6.77. The molecule has 0 saturated carbocycles. The van der Waals surface area contributed by atoms with Gasteiger partial charge in [-0.3, -0.25) is 4.79 Å². The highest BCUT2D eigenvalue weighted by atomic mass is 19.1. The van der Waals surface area contributed by atoms with Gasteiger partial charge in [0.1, 0.15) is 24.3 Å². The topological polar surface area (TPSA) is 70.6 Å². The minimum absolute atomic E-state index is 0.0119. The second-order valence-electron chi connectivity index (χ2n) is 6.90. The average Bonchev–Trinajstić information content (AvgIpc) is 2.91. The Labute approximate surface area is 141 Å². The molecule has 2 aliphatic heterocycles. The first-order chi connectivity index (χ1) is 11.6. The van der Waals surface area contributed by atoms with Crippen LogP contribution < -0.4 is 15.4 Å². The summed E-state index contributed by atoms with van der Waals surface area (Å²) in [7, 11) is 0. The van der Waals surface area contributed by atoms with E-state index in [1.54, 1.807) is 0 Å². The number of carbonyl (C=O) groups excluding carboxylic acids is 1. The molecule has 2 heterocycles. The highest BCUT2D eigenvalue weighted by Crippen LogP contribution is 2.32. The molecule has 3 atom stereocenters. The van der Waals surface area contributed by atoms with Crippen LogP contribution in [-0.2, 0) is 4.79 Å². The predicted molar refractivity (Wildman–Crippen MR) is 88.2 cm³/mol. The molecule has 132 valence electrons. The quantitative estimate of drug-likeness (QED) is 0.707. The third kappa shape index (κ3) is 4.92. The van der Waals surface area contributed by atoms with Crippen LogP contribution in [0.1, 0.15) is 32.1 Å². The fourth-order valence-corrected chi connectivity index (χ4v) is 3.69. The maximum Gasteiger partial charge on any atom is 0.220 e. The van der Waals surface area contributed by atoms with Crippen molar-refractivity contribution in [3.63, 3.8) is 0 Å². The van der Waals surface area contributed by atoms with Crippen LogP contribution in [-0.4, -0.2) is 42.4 Å². The number of nitrogens with one attached hydrogen (secondary N) is 2. The number of aliphatic hydroxyl groups excluding tert-OH is 1. The number of hydrogen-bond donors (Lipinski definition) is 3. The molecule has 24 heavy (non-hydrogen) atoms. The Kier molecular flexibility index (Phi) is 5.68. The smallest absolute Gasteiger partial charge is 0.220 e. The van der Waals surface area contributed by atoms with Gasteiger partial charge in [0.2, 0.25) is 5.91 Å². The summed E-state index contributed by atoms with van der Waals surface area (Å²) in [4.78, 5) is 12.0. The van der Waals surface area contributed by atoms with Crippen molar-refractivity contribution >= 4 is 5.91 Å². The molecular formula is C18H25FN2O3. The number of halogens is 1. The fraction of sp³-hybridized carbons (Fsp3) is 0.611. The Bertz CT molecular complexity index is 540. The molecule has 3 unspecified atom stereocenters. The lowest BCUT2D eigenvalue weighted by Crippen LogP contribution is -2.41. The number of fused-ring (bicyclic) bond motifs is 2. The number of aliphatic hydroxyl groups is 1. The Morgan fingerprint density at radius 3 is 2.62 bits per heavy atom. The first-order valence-corrected chi connectivity index (χ1v) is 8.67. The lowest BCUT2D eigenvalue weighted by molar-refractivity contribution is -0.122. The van der Waals surface area contributed by atoms with Gasteiger partial charge < -0.3 is 20.5 Å². The number of rotatable bonds is 7. The third-order valence-electron chi connectivity index (χ3n) is 4.84. The number of carbonyl (C=O) groups is 1. The van der Waals surface area contributed by atoms with E-state index in [0.717, 1.165) is 12.8 Å². The summed E-state index contributed by atoms with van der Waals surface area (Å²) >= 11 is 0. The van der Waals surface area contributed by atoms with Crippen molar-refractivity contribution in [2.24, 2.45) is 5.92 Å². The Hall–Kier alpha value is -1.66. The number of ether oxygens (including phenoxy) is 1. The van der Waals surface area contributed by atoms with Crippen molar-refractivity contribution < 1.29 is 19.0 Å². The molecule has 0 radical (unpaired) electrons. The third-order valence-corrected chi connectivity index (χ3v) is 4.84. The average molecular weight is 336 g/mol. The summed E-state index contributed by atoms with van der Waals surface area (Å²) in [5.41, 5.74) is 0. The van der Waals surface area contributed by atoms with Gasteiger partial charge in [-0.1, -0.05) is 0 Å². The molecule has 2 saturated heterocycles. The van der Waals surface area contributed by atoms with Gasteiger partial charge in [0.25, 0.3) is 0 Å². The van der Waals surface area contributed by atoms with Crippen LogP contribution in [0, 0.1) is 11.7 Å². The van der Waals surface area contributed by atoms with E-state index in [2.05, 4.69) is 10.6 Å². The molecule has 0 aliphatic carbocycles. The minimum Gasteiger partial charge on any atom is -0.491 e. The SMILES string of the molecule is O=C(CC1CC2CCC(C1)N2)NCC(O)COc1ccc(F)cc1. The lowest BCUT2D eigenvalue weighted by Gasteiger charge is -2.28. The second kappa shape index (κ2) is 7.94. The normalized spacial score (nSPS) is 26.8. The van der Waals surface area contributed by atoms with Crippen LogP contribution in [0.25, 0.3) is 0 Å². The fourth-order valence-electron chi connectivity index (χ4n) is 3.69. The molecule has 3 rings (SSSR count). The van der Waals surface area contributed by atoms with Gasteiger partial charge in [0, 0.05) is 25.0 Å². The summed E-state index contributed by atoms with van der Waals surface area (Å²) in [6.07, 6.45) is 4.33. The zero-order chi connectivity index (χ0) is 16.9. The van der Waals surface area contributed by atoms with Crippen LogP contribution in [0.2, 0.25) is 0 Å². The second-order valence-corrected chi connectivity index (χ2v) is 6.90. The van der Waals surface area contributed by atoms with Crippen LogP contribution in [0.5, 0.6) is 5.75 Å². The van der Waals surface area contributed by atoms with Crippen molar-refractivity contribution in [3.05, 3.63) is 30.1 Å². The first kappa shape index (κ1) is 17.2. The minimum atomic E-state index is -0.789. The van der Waals surface area contributed by atoms with Gasteiger partial charge in [-0.15, -0.1) is 0 Å².